The maximum Gasteiger partial charge on any atom is 0.416 e. The molecular formula is C14H9BrF5N. The second-order valence-electron chi connectivity index (χ2n) is 4.38. The largest absolute Gasteiger partial charge is 0.416 e. The van der Waals surface area contributed by atoms with Gasteiger partial charge in [-0.05, 0) is 36.4 Å². The van der Waals surface area contributed by atoms with Crippen molar-refractivity contribution in [2.75, 3.05) is 0 Å². The zero-order chi connectivity index (χ0) is 15.8. The van der Waals surface area contributed by atoms with Gasteiger partial charge in [0.2, 0.25) is 0 Å². The lowest BCUT2D eigenvalue weighted by Crippen LogP contribution is -2.17. The third-order valence-corrected chi connectivity index (χ3v) is 3.44. The van der Waals surface area contributed by atoms with E-state index < -0.39 is 35.0 Å². The molecule has 2 N–H and O–H groups in total. The molecule has 0 aromatic heterocycles. The van der Waals surface area contributed by atoms with Crippen LogP contribution in [0.1, 0.15) is 22.7 Å². The van der Waals surface area contributed by atoms with E-state index in [1.807, 2.05) is 0 Å². The fourth-order valence-corrected chi connectivity index (χ4v) is 2.26. The predicted octanol–water partition coefficient (Wildman–Crippen LogP) is 4.79. The summed E-state index contributed by atoms with van der Waals surface area (Å²) in [5.41, 5.74) is 4.18. The Bertz CT molecular complexity index is 669. The van der Waals surface area contributed by atoms with E-state index in [2.05, 4.69) is 15.9 Å². The van der Waals surface area contributed by atoms with E-state index >= 15 is 0 Å². The Morgan fingerprint density at radius 1 is 0.905 bits per heavy atom. The standard InChI is InChI=1S/C14H9BrF5N/c15-8-2-4-12(17)10(6-8)13(21)9-5-7(14(18,19)20)1-3-11(9)16/h1-6,13H,21H2. The molecule has 21 heavy (non-hydrogen) atoms. The lowest BCUT2D eigenvalue weighted by atomic mass is 9.97. The Labute approximate surface area is 125 Å². The molecule has 2 rings (SSSR count). The van der Waals surface area contributed by atoms with E-state index in [4.69, 9.17) is 5.73 Å². The summed E-state index contributed by atoms with van der Waals surface area (Å²) in [5, 5.41) is 0. The van der Waals surface area contributed by atoms with Crippen molar-refractivity contribution in [3.8, 4) is 0 Å². The highest BCUT2D eigenvalue weighted by molar-refractivity contribution is 9.10. The van der Waals surface area contributed by atoms with Gasteiger partial charge in [-0.15, -0.1) is 0 Å². The average molecular weight is 366 g/mol. The summed E-state index contributed by atoms with van der Waals surface area (Å²) >= 11 is 3.11. The summed E-state index contributed by atoms with van der Waals surface area (Å²) in [4.78, 5) is 0. The van der Waals surface area contributed by atoms with Crippen molar-refractivity contribution in [3.05, 3.63) is 69.2 Å². The van der Waals surface area contributed by atoms with Gasteiger partial charge in [0, 0.05) is 15.6 Å². The maximum atomic E-state index is 13.7. The number of benzene rings is 2. The summed E-state index contributed by atoms with van der Waals surface area (Å²) in [7, 11) is 0. The molecule has 0 saturated heterocycles. The molecule has 2 aromatic carbocycles. The summed E-state index contributed by atoms with van der Waals surface area (Å²) in [6.45, 7) is 0. The number of halogens is 6. The highest BCUT2D eigenvalue weighted by atomic mass is 79.9. The molecule has 0 fully saturated rings. The monoisotopic (exact) mass is 365 g/mol. The van der Waals surface area contributed by atoms with Gasteiger partial charge in [0.05, 0.1) is 11.6 Å². The molecule has 0 radical (unpaired) electrons. The molecule has 0 aliphatic carbocycles. The van der Waals surface area contributed by atoms with Gasteiger partial charge >= 0.3 is 6.18 Å². The van der Waals surface area contributed by atoms with Crippen molar-refractivity contribution >= 4 is 15.9 Å². The minimum Gasteiger partial charge on any atom is -0.320 e. The van der Waals surface area contributed by atoms with Crippen LogP contribution in [0.2, 0.25) is 0 Å². The highest BCUT2D eigenvalue weighted by Crippen LogP contribution is 2.33. The summed E-state index contributed by atoms with van der Waals surface area (Å²) in [5.74, 6) is -1.64. The van der Waals surface area contributed by atoms with Crippen LogP contribution in [-0.4, -0.2) is 0 Å². The van der Waals surface area contributed by atoms with Gasteiger partial charge in [-0.3, -0.25) is 0 Å². The molecule has 1 nitrogen and oxygen atoms in total. The first-order valence-electron chi connectivity index (χ1n) is 5.77. The van der Waals surface area contributed by atoms with Crippen LogP contribution < -0.4 is 5.73 Å². The van der Waals surface area contributed by atoms with Gasteiger partial charge in [-0.2, -0.15) is 13.2 Å². The molecule has 112 valence electrons. The normalized spacial score (nSPS) is 13.3. The molecular weight excluding hydrogens is 357 g/mol. The van der Waals surface area contributed by atoms with Crippen molar-refractivity contribution < 1.29 is 22.0 Å². The first kappa shape index (κ1) is 15.9. The van der Waals surface area contributed by atoms with Gasteiger partial charge in [0.15, 0.2) is 0 Å². The fourth-order valence-electron chi connectivity index (χ4n) is 1.88. The lowest BCUT2D eigenvalue weighted by molar-refractivity contribution is -0.137. The fraction of sp³-hybridized carbons (Fsp3) is 0.143. The van der Waals surface area contributed by atoms with E-state index in [1.54, 1.807) is 0 Å². The summed E-state index contributed by atoms with van der Waals surface area (Å²) in [6, 6.07) is 4.36. The van der Waals surface area contributed by atoms with Gasteiger partial charge < -0.3 is 5.73 Å². The maximum absolute atomic E-state index is 13.7. The quantitative estimate of drug-likeness (QED) is 0.760. The molecule has 0 amide bonds. The van der Waals surface area contributed by atoms with Crippen LogP contribution in [-0.2, 0) is 6.18 Å². The van der Waals surface area contributed by atoms with E-state index in [0.717, 1.165) is 6.07 Å². The van der Waals surface area contributed by atoms with Crippen molar-refractivity contribution in [2.45, 2.75) is 12.2 Å². The average Bonchev–Trinajstić information content (AvgIpc) is 2.40. The van der Waals surface area contributed by atoms with Gasteiger partial charge in [0.25, 0.3) is 0 Å². The highest BCUT2D eigenvalue weighted by Gasteiger charge is 2.32. The molecule has 2 aromatic rings. The van der Waals surface area contributed by atoms with Crippen molar-refractivity contribution in [3.63, 3.8) is 0 Å². The predicted molar refractivity (Wildman–Crippen MR) is 71.5 cm³/mol. The van der Waals surface area contributed by atoms with Crippen LogP contribution in [0.5, 0.6) is 0 Å². The van der Waals surface area contributed by atoms with Crippen LogP contribution in [0.4, 0.5) is 22.0 Å². The number of rotatable bonds is 2. The van der Waals surface area contributed by atoms with Crippen LogP contribution in [0, 0.1) is 11.6 Å². The van der Waals surface area contributed by atoms with Crippen LogP contribution in [0.3, 0.4) is 0 Å². The Kier molecular flexibility index (Phi) is 4.34. The van der Waals surface area contributed by atoms with Gasteiger partial charge in [-0.1, -0.05) is 15.9 Å². The SMILES string of the molecule is NC(c1cc(Br)ccc1F)c1cc(C(F)(F)F)ccc1F. The Morgan fingerprint density at radius 3 is 2.00 bits per heavy atom. The van der Waals surface area contributed by atoms with Gasteiger partial charge in [0.1, 0.15) is 11.6 Å². The molecule has 1 atom stereocenters. The first-order chi connectivity index (χ1) is 9.70. The second-order valence-corrected chi connectivity index (χ2v) is 5.29. The van der Waals surface area contributed by atoms with Crippen LogP contribution in [0.25, 0.3) is 0 Å². The molecule has 0 aliphatic heterocycles. The minimum absolute atomic E-state index is 0.0948. The smallest absolute Gasteiger partial charge is 0.320 e. The lowest BCUT2D eigenvalue weighted by Gasteiger charge is -2.17. The topological polar surface area (TPSA) is 26.0 Å². The Morgan fingerprint density at radius 2 is 1.43 bits per heavy atom. The van der Waals surface area contributed by atoms with Crippen LogP contribution in [0.15, 0.2) is 40.9 Å². The van der Waals surface area contributed by atoms with Gasteiger partial charge in [-0.25, -0.2) is 8.78 Å². The first-order valence-corrected chi connectivity index (χ1v) is 6.56. The number of hydrogen-bond donors (Lipinski definition) is 1. The third kappa shape index (κ3) is 3.41. The van der Waals surface area contributed by atoms with E-state index in [-0.39, 0.29) is 5.56 Å². The Balaban J connectivity index is 2.52. The van der Waals surface area contributed by atoms with Crippen molar-refractivity contribution in [1.82, 2.24) is 0 Å². The molecule has 0 bridgehead atoms. The number of nitrogens with two attached hydrogens (primary N) is 1. The van der Waals surface area contributed by atoms with E-state index in [1.165, 1.54) is 12.1 Å². The Hall–Kier alpha value is -1.47. The summed E-state index contributed by atoms with van der Waals surface area (Å²) < 4.78 is 66.0. The molecule has 0 aliphatic rings. The zero-order valence-electron chi connectivity index (χ0n) is 10.4. The van der Waals surface area contributed by atoms with Crippen molar-refractivity contribution in [2.24, 2.45) is 5.73 Å². The van der Waals surface area contributed by atoms with Crippen molar-refractivity contribution in [1.29, 1.82) is 0 Å². The summed E-state index contributed by atoms with van der Waals surface area (Å²) in [6.07, 6.45) is -4.63. The zero-order valence-corrected chi connectivity index (χ0v) is 12.0. The van der Waals surface area contributed by atoms with E-state index in [0.29, 0.717) is 22.7 Å². The van der Waals surface area contributed by atoms with E-state index in [9.17, 15) is 22.0 Å². The number of hydrogen-bond acceptors (Lipinski definition) is 1. The third-order valence-electron chi connectivity index (χ3n) is 2.95. The molecule has 7 heteroatoms. The molecule has 1 unspecified atom stereocenters. The molecule has 0 saturated carbocycles. The second kappa shape index (κ2) is 5.73. The molecule has 0 heterocycles. The minimum atomic E-state index is -4.63. The van der Waals surface area contributed by atoms with Crippen LogP contribution >= 0.6 is 15.9 Å². The number of alkyl halides is 3. The molecule has 0 spiro atoms.